The largest absolute Gasteiger partial charge is 0.337 e. The Morgan fingerprint density at radius 3 is 2.37 bits per heavy atom. The van der Waals surface area contributed by atoms with Crippen LogP contribution in [-0.2, 0) is 0 Å². The van der Waals surface area contributed by atoms with Crippen LogP contribution in [0.3, 0.4) is 0 Å². The van der Waals surface area contributed by atoms with Gasteiger partial charge in [0.05, 0.1) is 5.69 Å². The van der Waals surface area contributed by atoms with Crippen molar-refractivity contribution in [2.45, 2.75) is 6.92 Å². The first-order valence-electron chi connectivity index (χ1n) is 9.51. The van der Waals surface area contributed by atoms with E-state index in [0.717, 1.165) is 5.56 Å². The predicted molar refractivity (Wildman–Crippen MR) is 117 cm³/mol. The van der Waals surface area contributed by atoms with Gasteiger partial charge < -0.3 is 5.32 Å². The van der Waals surface area contributed by atoms with E-state index >= 15 is 0 Å². The number of nitrogens with zero attached hydrogens (tertiary/aromatic N) is 1. The summed E-state index contributed by atoms with van der Waals surface area (Å²) in [6, 6.07) is 15.4. The highest BCUT2D eigenvalue weighted by Gasteiger charge is 2.32. The number of hydrazine groups is 1. The zero-order valence-corrected chi connectivity index (χ0v) is 16.4. The van der Waals surface area contributed by atoms with Crippen molar-refractivity contribution in [3.8, 4) is 0 Å². The molecular formula is C23H20N4O3. The van der Waals surface area contributed by atoms with Gasteiger partial charge in [0.2, 0.25) is 0 Å². The Hall–Kier alpha value is -4.13. The molecule has 0 atom stereocenters. The van der Waals surface area contributed by atoms with Crippen LogP contribution in [-0.4, -0.2) is 29.3 Å². The third kappa shape index (κ3) is 3.26. The quantitative estimate of drug-likeness (QED) is 0.441. The number of amides is 4. The molecule has 3 aromatic carbocycles. The molecule has 0 spiro atoms. The lowest BCUT2D eigenvalue weighted by Gasteiger charge is -2.26. The summed E-state index contributed by atoms with van der Waals surface area (Å²) in [7, 11) is 0. The Labute approximate surface area is 173 Å². The van der Waals surface area contributed by atoms with Gasteiger partial charge in [-0.1, -0.05) is 36.9 Å². The first kappa shape index (κ1) is 19.2. The van der Waals surface area contributed by atoms with Crippen molar-refractivity contribution in [3.63, 3.8) is 0 Å². The average molecular weight is 400 g/mol. The molecule has 4 amide bonds. The molecule has 7 nitrogen and oxygen atoms in total. The smallest absolute Gasteiger partial charge is 0.307 e. The van der Waals surface area contributed by atoms with Gasteiger partial charge >= 0.3 is 6.03 Å². The summed E-state index contributed by atoms with van der Waals surface area (Å²) >= 11 is 0. The summed E-state index contributed by atoms with van der Waals surface area (Å²) in [5, 5.41) is 3.99. The van der Waals surface area contributed by atoms with E-state index in [1.165, 1.54) is 4.90 Å². The van der Waals surface area contributed by atoms with E-state index in [-0.39, 0.29) is 11.8 Å². The maximum absolute atomic E-state index is 12.7. The number of hydrogen-bond donors (Lipinski definition) is 3. The minimum absolute atomic E-state index is 0.309. The number of rotatable bonds is 5. The molecule has 3 aromatic rings. The van der Waals surface area contributed by atoms with Crippen molar-refractivity contribution in [3.05, 3.63) is 77.9 Å². The maximum Gasteiger partial charge on any atom is 0.337 e. The van der Waals surface area contributed by atoms with Gasteiger partial charge in [0.25, 0.3) is 11.8 Å². The molecule has 1 heterocycles. The molecule has 0 saturated heterocycles. The summed E-state index contributed by atoms with van der Waals surface area (Å²) < 4.78 is 0. The van der Waals surface area contributed by atoms with Crippen molar-refractivity contribution in [2.24, 2.45) is 0 Å². The van der Waals surface area contributed by atoms with Crippen LogP contribution < -0.4 is 16.2 Å². The van der Waals surface area contributed by atoms with Crippen LogP contribution in [0.25, 0.3) is 16.8 Å². The third-order valence-corrected chi connectivity index (χ3v) is 5.02. The first-order chi connectivity index (χ1) is 14.5. The van der Waals surface area contributed by atoms with E-state index in [1.807, 2.05) is 12.1 Å². The standard InChI is InChI=1S/C23H20N4O3/c1-3-14-8-10-15(11-9-14)24-23(30)26-25-19-13-12-18-20-16(19)6-5-7-17(20)21(28)27(4-2)22(18)29/h3,5-13,25H,1,4H2,2H3,(H2,24,26,30). The molecule has 0 aliphatic carbocycles. The number of anilines is 2. The molecule has 0 bridgehead atoms. The van der Waals surface area contributed by atoms with Crippen molar-refractivity contribution in [1.82, 2.24) is 10.3 Å². The number of hydrogen-bond acceptors (Lipinski definition) is 4. The first-order valence-corrected chi connectivity index (χ1v) is 9.51. The third-order valence-electron chi connectivity index (χ3n) is 5.02. The van der Waals surface area contributed by atoms with Crippen molar-refractivity contribution >= 4 is 46.1 Å². The molecular weight excluding hydrogens is 380 g/mol. The summed E-state index contributed by atoms with van der Waals surface area (Å²) in [5.41, 5.74) is 8.57. The Morgan fingerprint density at radius 1 is 1.00 bits per heavy atom. The number of imide groups is 1. The number of carbonyl (C=O) groups is 3. The zero-order chi connectivity index (χ0) is 21.3. The SMILES string of the molecule is C=Cc1ccc(NC(=O)NNc2ccc3c4c(cccc24)C(=O)N(CC)C3=O)cc1. The van der Waals surface area contributed by atoms with Crippen LogP contribution in [0.2, 0.25) is 0 Å². The van der Waals surface area contributed by atoms with Gasteiger partial charge in [0.15, 0.2) is 0 Å². The second-order valence-electron chi connectivity index (χ2n) is 6.77. The molecule has 0 fully saturated rings. The molecule has 0 radical (unpaired) electrons. The van der Waals surface area contributed by atoms with E-state index in [9.17, 15) is 14.4 Å². The van der Waals surface area contributed by atoms with Crippen LogP contribution in [0.4, 0.5) is 16.2 Å². The minimum Gasteiger partial charge on any atom is -0.307 e. The predicted octanol–water partition coefficient (Wildman–Crippen LogP) is 4.25. The van der Waals surface area contributed by atoms with Crippen molar-refractivity contribution in [2.75, 3.05) is 17.3 Å². The van der Waals surface area contributed by atoms with Gasteiger partial charge in [0.1, 0.15) is 0 Å². The minimum atomic E-state index is -0.453. The van der Waals surface area contributed by atoms with Gasteiger partial charge in [-0.05, 0) is 42.8 Å². The highest BCUT2D eigenvalue weighted by Crippen LogP contribution is 2.34. The zero-order valence-electron chi connectivity index (χ0n) is 16.4. The molecule has 0 aromatic heterocycles. The molecule has 0 saturated carbocycles. The van der Waals surface area contributed by atoms with Gasteiger partial charge in [-0.2, -0.15) is 0 Å². The normalized spacial score (nSPS) is 12.6. The number of carbonyl (C=O) groups excluding carboxylic acids is 3. The lowest BCUT2D eigenvalue weighted by Crippen LogP contribution is -2.40. The van der Waals surface area contributed by atoms with Gasteiger partial charge in [-0.3, -0.25) is 25.3 Å². The maximum atomic E-state index is 12.7. The van der Waals surface area contributed by atoms with Gasteiger partial charge in [-0.15, -0.1) is 0 Å². The average Bonchev–Trinajstić information content (AvgIpc) is 2.77. The molecule has 7 heteroatoms. The van der Waals surface area contributed by atoms with Crippen LogP contribution in [0, 0.1) is 0 Å². The molecule has 150 valence electrons. The fraction of sp³-hybridized carbons (Fsp3) is 0.0870. The summed E-state index contributed by atoms with van der Waals surface area (Å²) in [5.74, 6) is -0.627. The summed E-state index contributed by atoms with van der Waals surface area (Å²) in [4.78, 5) is 38.8. The molecule has 30 heavy (non-hydrogen) atoms. The van der Waals surface area contributed by atoms with E-state index in [0.29, 0.717) is 39.8 Å². The van der Waals surface area contributed by atoms with E-state index in [1.54, 1.807) is 55.5 Å². The van der Waals surface area contributed by atoms with E-state index in [4.69, 9.17) is 0 Å². The Bertz CT molecular complexity index is 1160. The highest BCUT2D eigenvalue weighted by molar-refractivity contribution is 6.26. The molecule has 1 aliphatic heterocycles. The second-order valence-corrected chi connectivity index (χ2v) is 6.77. The lowest BCUT2D eigenvalue weighted by molar-refractivity contribution is 0.0619. The highest BCUT2D eigenvalue weighted by atomic mass is 16.2. The van der Waals surface area contributed by atoms with Crippen LogP contribution in [0.15, 0.2) is 61.2 Å². The molecule has 1 aliphatic rings. The molecule has 3 N–H and O–H groups in total. The fourth-order valence-electron chi connectivity index (χ4n) is 3.53. The Kier molecular flexibility index (Phi) is 4.93. The molecule has 0 unspecified atom stereocenters. The lowest BCUT2D eigenvalue weighted by atomic mass is 9.93. The van der Waals surface area contributed by atoms with Crippen molar-refractivity contribution in [1.29, 1.82) is 0 Å². The number of nitrogens with one attached hydrogen (secondary N) is 3. The number of benzene rings is 3. The van der Waals surface area contributed by atoms with E-state index < -0.39 is 6.03 Å². The summed E-state index contributed by atoms with van der Waals surface area (Å²) in [6.45, 7) is 5.77. The van der Waals surface area contributed by atoms with E-state index in [2.05, 4.69) is 22.7 Å². The van der Waals surface area contributed by atoms with Crippen LogP contribution >= 0.6 is 0 Å². The fourth-order valence-corrected chi connectivity index (χ4v) is 3.53. The van der Waals surface area contributed by atoms with Crippen LogP contribution in [0.5, 0.6) is 0 Å². The van der Waals surface area contributed by atoms with Gasteiger partial charge in [0, 0.05) is 34.1 Å². The second kappa shape index (κ2) is 7.71. The molecule has 4 rings (SSSR count). The monoisotopic (exact) mass is 400 g/mol. The Morgan fingerprint density at radius 2 is 1.70 bits per heavy atom. The Balaban J connectivity index is 1.57. The summed E-state index contributed by atoms with van der Waals surface area (Å²) in [6.07, 6.45) is 1.72. The van der Waals surface area contributed by atoms with Gasteiger partial charge in [-0.25, -0.2) is 4.79 Å². The number of urea groups is 1. The topological polar surface area (TPSA) is 90.5 Å². The van der Waals surface area contributed by atoms with Crippen molar-refractivity contribution < 1.29 is 14.4 Å². The van der Waals surface area contributed by atoms with Crippen LogP contribution in [0.1, 0.15) is 33.2 Å².